The molecule has 0 spiro atoms. The van der Waals surface area contributed by atoms with E-state index in [9.17, 15) is 24.6 Å². The summed E-state index contributed by atoms with van der Waals surface area (Å²) in [5, 5.41) is 26.9. The van der Waals surface area contributed by atoms with Crippen molar-refractivity contribution in [2.24, 2.45) is 17.0 Å². The van der Waals surface area contributed by atoms with Crippen molar-refractivity contribution in [3.8, 4) is 0 Å². The molecular weight excluding hydrogens is 424 g/mol. The molecule has 170 valence electrons. The summed E-state index contributed by atoms with van der Waals surface area (Å²) in [4.78, 5) is 45.8. The number of nitrogens with one attached hydrogen (secondary N) is 1. The molecule has 0 aromatic rings. The van der Waals surface area contributed by atoms with Crippen LogP contribution in [0.25, 0.3) is 0 Å². The molecule has 3 saturated heterocycles. The van der Waals surface area contributed by atoms with Crippen LogP contribution in [0.1, 0.15) is 26.7 Å². The number of β-lactam (4-membered cyclic amide) rings is 1. The van der Waals surface area contributed by atoms with Gasteiger partial charge in [-0.15, -0.1) is 11.8 Å². The van der Waals surface area contributed by atoms with Gasteiger partial charge in [0.15, 0.2) is 0 Å². The lowest BCUT2D eigenvalue weighted by Gasteiger charge is -2.46. The predicted octanol–water partition coefficient (Wildman–Crippen LogP) is -0.161. The highest BCUT2D eigenvalue weighted by atomic mass is 32.2. The maximum Gasteiger partial charge on any atom is 0.353 e. The first-order valence-electron chi connectivity index (χ1n) is 10.5. The first-order chi connectivity index (χ1) is 14.7. The number of aliphatic hydroxyl groups is 1. The van der Waals surface area contributed by atoms with Crippen molar-refractivity contribution in [1.82, 2.24) is 15.1 Å². The van der Waals surface area contributed by atoms with Gasteiger partial charge < -0.3 is 30.2 Å². The zero-order valence-corrected chi connectivity index (χ0v) is 18.6. The summed E-state index contributed by atoms with van der Waals surface area (Å²) in [6, 6.07) is -0.648. The number of amides is 2. The van der Waals surface area contributed by atoms with Gasteiger partial charge in [0, 0.05) is 35.6 Å². The van der Waals surface area contributed by atoms with E-state index >= 15 is 0 Å². The third-order valence-electron chi connectivity index (χ3n) is 6.57. The molecule has 0 bridgehead atoms. The van der Waals surface area contributed by atoms with E-state index in [2.05, 4.69) is 10.5 Å². The Morgan fingerprint density at radius 1 is 1.39 bits per heavy atom. The van der Waals surface area contributed by atoms with Crippen molar-refractivity contribution in [2.45, 2.75) is 50.1 Å². The van der Waals surface area contributed by atoms with Crippen molar-refractivity contribution in [3.63, 3.8) is 0 Å². The van der Waals surface area contributed by atoms with Crippen LogP contribution < -0.4 is 5.32 Å². The van der Waals surface area contributed by atoms with Crippen LogP contribution in [0.3, 0.4) is 0 Å². The number of carbonyl (C=O) groups is 3. The summed E-state index contributed by atoms with van der Waals surface area (Å²) in [5.41, 5.74) is 0.872. The molecule has 2 amide bonds. The van der Waals surface area contributed by atoms with Crippen molar-refractivity contribution < 1.29 is 29.4 Å². The Bertz CT molecular complexity index is 859. The second-order valence-corrected chi connectivity index (χ2v) is 9.90. The summed E-state index contributed by atoms with van der Waals surface area (Å²) in [6.45, 7) is 5.13. The van der Waals surface area contributed by atoms with E-state index in [4.69, 9.17) is 4.84 Å². The van der Waals surface area contributed by atoms with E-state index in [0.717, 1.165) is 5.71 Å². The molecule has 3 N–H and O–H groups in total. The Kier molecular flexibility index (Phi) is 6.01. The second kappa shape index (κ2) is 8.44. The van der Waals surface area contributed by atoms with E-state index in [-0.39, 0.29) is 40.8 Å². The summed E-state index contributed by atoms with van der Waals surface area (Å²) in [5.74, 6) is -2.19. The average Bonchev–Trinajstić information content (AvgIpc) is 3.41. The quantitative estimate of drug-likeness (QED) is 0.374. The van der Waals surface area contributed by atoms with Gasteiger partial charge in [0.1, 0.15) is 12.8 Å². The standard InChI is InChI=1S/C20H28N4O6S/c1-9-15-14(10(2)25)19(27)24(15)16(20(28)29)17(9)31-12-6-13(21-7-12)18(26)23-5-4-11(8-23)22-30-3/h9-10,12-15,21,25H,4-8H2,1-3H3,(H,28,29)/b22-11+/t9-,10-,12+,13+,14-,15-/m1/s1. The summed E-state index contributed by atoms with van der Waals surface area (Å²) < 4.78 is 0. The Balaban J connectivity index is 1.43. The smallest absolute Gasteiger partial charge is 0.353 e. The Morgan fingerprint density at radius 2 is 2.13 bits per heavy atom. The van der Waals surface area contributed by atoms with Crippen LogP contribution in [0.15, 0.2) is 15.8 Å². The normalized spacial score (nSPS) is 34.9. The van der Waals surface area contributed by atoms with Crippen LogP contribution in [0.2, 0.25) is 0 Å². The van der Waals surface area contributed by atoms with Crippen LogP contribution >= 0.6 is 11.8 Å². The molecule has 0 radical (unpaired) electrons. The van der Waals surface area contributed by atoms with E-state index in [1.807, 2.05) is 6.92 Å². The highest BCUT2D eigenvalue weighted by Crippen LogP contribution is 2.51. The molecule has 0 aromatic carbocycles. The van der Waals surface area contributed by atoms with Gasteiger partial charge in [0.25, 0.3) is 0 Å². The molecule has 4 rings (SSSR count). The fourth-order valence-electron chi connectivity index (χ4n) is 5.09. The summed E-state index contributed by atoms with van der Waals surface area (Å²) in [6.07, 6.45) is 0.461. The van der Waals surface area contributed by atoms with E-state index < -0.39 is 18.0 Å². The number of aliphatic carboxylic acids is 1. The number of thioether (sulfide) groups is 1. The number of hydrogen-bond acceptors (Lipinski definition) is 8. The van der Waals surface area contributed by atoms with Crippen molar-refractivity contribution in [2.75, 3.05) is 26.7 Å². The lowest BCUT2D eigenvalue weighted by atomic mass is 9.79. The predicted molar refractivity (Wildman–Crippen MR) is 113 cm³/mol. The molecule has 0 aromatic heterocycles. The van der Waals surface area contributed by atoms with Gasteiger partial charge in [-0.3, -0.25) is 9.59 Å². The number of carbonyl (C=O) groups excluding carboxylic acids is 2. The fourth-order valence-corrected chi connectivity index (χ4v) is 6.57. The van der Waals surface area contributed by atoms with Crippen LogP contribution in [0.5, 0.6) is 0 Å². The minimum absolute atomic E-state index is 0.0180. The van der Waals surface area contributed by atoms with Gasteiger partial charge in [-0.1, -0.05) is 12.1 Å². The fraction of sp³-hybridized carbons (Fsp3) is 0.700. The SMILES string of the molecule is CO/N=C1\CCN(C(=O)[C@@H]2C[C@H](SC3=C(C(=O)O)N4C(=O)[C@H]([C@@H](C)O)[C@H]4[C@H]3C)CN2)C1. The van der Waals surface area contributed by atoms with Gasteiger partial charge in [-0.2, -0.15) is 0 Å². The molecule has 3 fully saturated rings. The number of likely N-dealkylation sites (tertiary alicyclic amines) is 1. The Labute approximate surface area is 184 Å². The molecule has 0 aliphatic carbocycles. The molecule has 6 atom stereocenters. The third-order valence-corrected chi connectivity index (χ3v) is 8.08. The van der Waals surface area contributed by atoms with Gasteiger partial charge >= 0.3 is 5.97 Å². The summed E-state index contributed by atoms with van der Waals surface area (Å²) in [7, 11) is 1.49. The lowest BCUT2D eigenvalue weighted by molar-refractivity contribution is -0.163. The van der Waals surface area contributed by atoms with Crippen LogP contribution in [0.4, 0.5) is 0 Å². The zero-order chi connectivity index (χ0) is 22.4. The van der Waals surface area contributed by atoms with Gasteiger partial charge in [0.05, 0.1) is 36.4 Å². The van der Waals surface area contributed by atoms with Gasteiger partial charge in [-0.25, -0.2) is 4.79 Å². The molecule has 0 unspecified atom stereocenters. The largest absolute Gasteiger partial charge is 0.477 e. The minimum atomic E-state index is -1.13. The molecule has 4 heterocycles. The summed E-state index contributed by atoms with van der Waals surface area (Å²) >= 11 is 1.44. The number of fused-ring (bicyclic) bond motifs is 1. The zero-order valence-electron chi connectivity index (χ0n) is 17.8. The number of carboxylic acid groups (broad SMARTS) is 1. The first kappa shape index (κ1) is 22.1. The number of aliphatic hydroxyl groups excluding tert-OH is 1. The number of oxime groups is 1. The van der Waals surface area contributed by atoms with Crippen LogP contribution in [0, 0.1) is 11.8 Å². The molecule has 31 heavy (non-hydrogen) atoms. The van der Waals surface area contributed by atoms with E-state index in [1.165, 1.54) is 23.8 Å². The number of carboxylic acids is 1. The van der Waals surface area contributed by atoms with E-state index in [0.29, 0.717) is 37.4 Å². The minimum Gasteiger partial charge on any atom is -0.477 e. The molecule has 4 aliphatic rings. The average molecular weight is 453 g/mol. The second-order valence-electron chi connectivity index (χ2n) is 8.56. The maximum atomic E-state index is 12.9. The van der Waals surface area contributed by atoms with Crippen molar-refractivity contribution >= 4 is 35.3 Å². The molecule has 11 heteroatoms. The van der Waals surface area contributed by atoms with Gasteiger partial charge in [0.2, 0.25) is 11.8 Å². The Hall–Kier alpha value is -2.11. The highest BCUT2D eigenvalue weighted by Gasteiger charge is 2.60. The Morgan fingerprint density at radius 3 is 2.77 bits per heavy atom. The van der Waals surface area contributed by atoms with Crippen LogP contribution in [-0.4, -0.2) is 93.7 Å². The molecule has 10 nitrogen and oxygen atoms in total. The monoisotopic (exact) mass is 452 g/mol. The first-order valence-corrected chi connectivity index (χ1v) is 11.4. The number of rotatable bonds is 6. The van der Waals surface area contributed by atoms with Gasteiger partial charge in [-0.05, 0) is 13.3 Å². The van der Waals surface area contributed by atoms with Crippen molar-refractivity contribution in [3.05, 3.63) is 10.6 Å². The number of hydrogen-bond donors (Lipinski definition) is 3. The third kappa shape index (κ3) is 3.72. The highest BCUT2D eigenvalue weighted by molar-refractivity contribution is 8.03. The molecular formula is C20H28N4O6S. The van der Waals surface area contributed by atoms with Crippen molar-refractivity contribution in [1.29, 1.82) is 0 Å². The topological polar surface area (TPSA) is 132 Å². The molecule has 4 aliphatic heterocycles. The molecule has 0 saturated carbocycles. The maximum absolute atomic E-state index is 12.9. The number of nitrogens with zero attached hydrogens (tertiary/aromatic N) is 3. The lowest BCUT2D eigenvalue weighted by Crippen LogP contribution is -2.63. The van der Waals surface area contributed by atoms with Crippen LogP contribution in [-0.2, 0) is 19.2 Å². The van der Waals surface area contributed by atoms with E-state index in [1.54, 1.807) is 11.8 Å².